The first-order chi connectivity index (χ1) is 11.6. The quantitative estimate of drug-likeness (QED) is 0.727. The molecule has 1 heterocycles. The minimum atomic E-state index is -0.0904. The highest BCUT2D eigenvalue weighted by molar-refractivity contribution is 7.15. The lowest BCUT2D eigenvalue weighted by Gasteiger charge is -2.09. The highest BCUT2D eigenvalue weighted by Gasteiger charge is 2.13. The first-order valence-corrected chi connectivity index (χ1v) is 8.82. The third kappa shape index (κ3) is 3.89. The van der Waals surface area contributed by atoms with Crippen LogP contribution in [0.2, 0.25) is 0 Å². The zero-order valence-corrected chi connectivity index (χ0v) is 14.7. The fraction of sp³-hybridized carbons (Fsp3) is 0.200. The predicted octanol–water partition coefficient (Wildman–Crippen LogP) is 4.80. The van der Waals surface area contributed by atoms with Crippen LogP contribution in [0.4, 0.5) is 5.13 Å². The van der Waals surface area contributed by atoms with Crippen molar-refractivity contribution in [1.29, 1.82) is 0 Å². The van der Waals surface area contributed by atoms with E-state index >= 15 is 0 Å². The molecule has 0 atom stereocenters. The molecule has 0 bridgehead atoms. The first kappa shape index (κ1) is 16.4. The normalized spacial score (nSPS) is 10.6. The Balaban J connectivity index is 1.74. The lowest BCUT2D eigenvalue weighted by Crippen LogP contribution is -2.14. The number of thiazole rings is 1. The molecule has 24 heavy (non-hydrogen) atoms. The molecule has 0 unspecified atom stereocenters. The number of rotatable bonds is 5. The summed E-state index contributed by atoms with van der Waals surface area (Å²) in [6.45, 7) is 3.96. The standard InChI is InChI=1S/C20H20N2OS/c1-14-15(2)24-20(21-14)22-19(23)18-11-7-6-10-17(18)13-12-16-8-4-3-5-9-16/h3-11H,12-13H2,1-2H3,(H,21,22,23). The van der Waals surface area contributed by atoms with E-state index in [0.29, 0.717) is 5.13 Å². The Kier molecular flexibility index (Phi) is 5.06. The van der Waals surface area contributed by atoms with Crippen molar-refractivity contribution in [1.82, 2.24) is 4.98 Å². The summed E-state index contributed by atoms with van der Waals surface area (Å²) >= 11 is 1.51. The van der Waals surface area contributed by atoms with Gasteiger partial charge in [-0.15, -0.1) is 11.3 Å². The molecule has 1 N–H and O–H groups in total. The van der Waals surface area contributed by atoms with Gasteiger partial charge in [0.2, 0.25) is 0 Å². The van der Waals surface area contributed by atoms with Crippen LogP contribution in [0, 0.1) is 13.8 Å². The zero-order valence-electron chi connectivity index (χ0n) is 13.9. The van der Waals surface area contributed by atoms with Gasteiger partial charge in [-0.3, -0.25) is 10.1 Å². The van der Waals surface area contributed by atoms with Crippen molar-refractivity contribution in [2.45, 2.75) is 26.7 Å². The van der Waals surface area contributed by atoms with E-state index in [4.69, 9.17) is 0 Å². The van der Waals surface area contributed by atoms with Gasteiger partial charge < -0.3 is 0 Å². The van der Waals surface area contributed by atoms with Crippen LogP contribution in [0.5, 0.6) is 0 Å². The maximum Gasteiger partial charge on any atom is 0.257 e. The second-order valence-corrected chi connectivity index (χ2v) is 6.96. The lowest BCUT2D eigenvalue weighted by atomic mass is 9.99. The molecule has 4 heteroatoms. The summed E-state index contributed by atoms with van der Waals surface area (Å²) in [5.74, 6) is -0.0904. The zero-order chi connectivity index (χ0) is 16.9. The van der Waals surface area contributed by atoms with Crippen LogP contribution in [0.3, 0.4) is 0 Å². The Hall–Kier alpha value is -2.46. The summed E-state index contributed by atoms with van der Waals surface area (Å²) < 4.78 is 0. The highest BCUT2D eigenvalue weighted by Crippen LogP contribution is 2.22. The van der Waals surface area contributed by atoms with E-state index in [9.17, 15) is 4.79 Å². The molecule has 2 aromatic carbocycles. The van der Waals surface area contributed by atoms with Crippen LogP contribution in [0.1, 0.15) is 32.1 Å². The van der Waals surface area contributed by atoms with Gasteiger partial charge in [0, 0.05) is 10.4 Å². The lowest BCUT2D eigenvalue weighted by molar-refractivity contribution is 0.102. The molecule has 0 saturated heterocycles. The summed E-state index contributed by atoms with van der Waals surface area (Å²) in [6.07, 6.45) is 1.75. The number of nitrogens with one attached hydrogen (secondary N) is 1. The molecule has 0 aliphatic rings. The molecular formula is C20H20N2OS. The van der Waals surface area contributed by atoms with E-state index in [0.717, 1.165) is 34.5 Å². The van der Waals surface area contributed by atoms with Crippen molar-refractivity contribution in [3.63, 3.8) is 0 Å². The topological polar surface area (TPSA) is 42.0 Å². The van der Waals surface area contributed by atoms with E-state index in [1.807, 2.05) is 56.3 Å². The van der Waals surface area contributed by atoms with Gasteiger partial charge in [-0.1, -0.05) is 48.5 Å². The van der Waals surface area contributed by atoms with Crippen LogP contribution in [-0.2, 0) is 12.8 Å². The smallest absolute Gasteiger partial charge is 0.257 e. The molecule has 3 nitrogen and oxygen atoms in total. The highest BCUT2D eigenvalue weighted by atomic mass is 32.1. The molecule has 0 fully saturated rings. The van der Waals surface area contributed by atoms with Gasteiger partial charge in [0.15, 0.2) is 5.13 Å². The number of nitrogens with zero attached hydrogens (tertiary/aromatic N) is 1. The van der Waals surface area contributed by atoms with Crippen molar-refractivity contribution >= 4 is 22.4 Å². The summed E-state index contributed by atoms with van der Waals surface area (Å²) in [5, 5.41) is 3.59. The van der Waals surface area contributed by atoms with Gasteiger partial charge in [-0.2, -0.15) is 0 Å². The molecule has 1 aromatic heterocycles. The van der Waals surface area contributed by atoms with Crippen molar-refractivity contribution < 1.29 is 4.79 Å². The van der Waals surface area contributed by atoms with E-state index in [2.05, 4.69) is 22.4 Å². The third-order valence-corrected chi connectivity index (χ3v) is 5.03. The number of hydrogen-bond acceptors (Lipinski definition) is 3. The number of aromatic nitrogens is 1. The number of amides is 1. The van der Waals surface area contributed by atoms with E-state index < -0.39 is 0 Å². The average molecular weight is 336 g/mol. The van der Waals surface area contributed by atoms with Gasteiger partial charge in [0.1, 0.15) is 0 Å². The molecular weight excluding hydrogens is 316 g/mol. The van der Waals surface area contributed by atoms with Crippen molar-refractivity contribution in [2.75, 3.05) is 5.32 Å². The van der Waals surface area contributed by atoms with E-state index in [-0.39, 0.29) is 5.91 Å². The molecule has 0 aliphatic heterocycles. The van der Waals surface area contributed by atoms with Gasteiger partial charge in [0.05, 0.1) is 5.69 Å². The second-order valence-electron chi connectivity index (χ2n) is 5.76. The largest absolute Gasteiger partial charge is 0.298 e. The summed E-state index contributed by atoms with van der Waals surface area (Å²) in [5.41, 5.74) is 4.02. The van der Waals surface area contributed by atoms with Gasteiger partial charge in [-0.05, 0) is 43.9 Å². The number of carbonyl (C=O) groups excluding carboxylic acids is 1. The molecule has 3 aromatic rings. The number of hydrogen-bond donors (Lipinski definition) is 1. The monoisotopic (exact) mass is 336 g/mol. The van der Waals surface area contributed by atoms with Crippen LogP contribution >= 0.6 is 11.3 Å². The number of carbonyl (C=O) groups is 1. The fourth-order valence-corrected chi connectivity index (χ4v) is 3.38. The van der Waals surface area contributed by atoms with Crippen molar-refractivity contribution in [2.24, 2.45) is 0 Å². The summed E-state index contributed by atoms with van der Waals surface area (Å²) in [6, 6.07) is 18.1. The summed E-state index contributed by atoms with van der Waals surface area (Å²) in [7, 11) is 0. The molecule has 1 amide bonds. The van der Waals surface area contributed by atoms with E-state index in [1.165, 1.54) is 16.9 Å². The number of anilines is 1. The molecule has 3 rings (SSSR count). The average Bonchev–Trinajstić information content (AvgIpc) is 2.91. The summed E-state index contributed by atoms with van der Waals surface area (Å²) in [4.78, 5) is 18.1. The Morgan fingerprint density at radius 1 is 1.00 bits per heavy atom. The maximum absolute atomic E-state index is 12.6. The minimum Gasteiger partial charge on any atom is -0.298 e. The van der Waals surface area contributed by atoms with Crippen LogP contribution in [0.15, 0.2) is 54.6 Å². The SMILES string of the molecule is Cc1nc(NC(=O)c2ccccc2CCc2ccccc2)sc1C. The molecule has 0 saturated carbocycles. The Bertz CT molecular complexity index is 820. The predicted molar refractivity (Wildman–Crippen MR) is 99.8 cm³/mol. The van der Waals surface area contributed by atoms with Gasteiger partial charge in [-0.25, -0.2) is 4.98 Å². The van der Waals surface area contributed by atoms with Crippen LogP contribution < -0.4 is 5.32 Å². The Morgan fingerprint density at radius 3 is 2.42 bits per heavy atom. The maximum atomic E-state index is 12.6. The molecule has 0 spiro atoms. The third-order valence-electron chi connectivity index (χ3n) is 4.04. The van der Waals surface area contributed by atoms with E-state index in [1.54, 1.807) is 0 Å². The number of aryl methyl sites for hydroxylation is 4. The number of benzene rings is 2. The van der Waals surface area contributed by atoms with Gasteiger partial charge in [0.25, 0.3) is 5.91 Å². The minimum absolute atomic E-state index is 0.0904. The van der Waals surface area contributed by atoms with Crippen molar-refractivity contribution in [3.05, 3.63) is 81.9 Å². The first-order valence-electron chi connectivity index (χ1n) is 8.00. The Morgan fingerprint density at radius 2 is 1.71 bits per heavy atom. The van der Waals surface area contributed by atoms with Crippen LogP contribution in [0.25, 0.3) is 0 Å². The molecule has 122 valence electrons. The Labute approximate surface area is 146 Å². The van der Waals surface area contributed by atoms with Crippen molar-refractivity contribution in [3.8, 4) is 0 Å². The molecule has 0 radical (unpaired) electrons. The second kappa shape index (κ2) is 7.41. The fourth-order valence-electron chi connectivity index (χ4n) is 2.57. The van der Waals surface area contributed by atoms with Crippen LogP contribution in [-0.4, -0.2) is 10.9 Å². The molecule has 0 aliphatic carbocycles. The van der Waals surface area contributed by atoms with Gasteiger partial charge >= 0.3 is 0 Å².